The first-order valence-electron chi connectivity index (χ1n) is 9.48. The number of Topliss-reactive ketones (excluding diaryl/α,β-unsaturated/α-hetero) is 1. The number of carbonyl (C=O) groups is 1. The maximum atomic E-state index is 13.2. The number of thioether (sulfide) groups is 2. The second kappa shape index (κ2) is 9.64. The summed E-state index contributed by atoms with van der Waals surface area (Å²) < 4.78 is 0. The lowest BCUT2D eigenvalue weighted by atomic mass is 9.93. The van der Waals surface area contributed by atoms with Crippen LogP contribution in [0.1, 0.15) is 25.0 Å². The molecule has 146 valence electrons. The minimum absolute atomic E-state index is 0.166. The van der Waals surface area contributed by atoms with Crippen LogP contribution in [0.3, 0.4) is 0 Å². The Bertz CT molecular complexity index is 810. The molecule has 0 bridgehead atoms. The maximum Gasteiger partial charge on any atom is 0.187 e. The number of nitrogens with zero attached hydrogens (tertiary/aromatic N) is 1. The Morgan fingerprint density at radius 3 is 1.50 bits per heavy atom. The summed E-state index contributed by atoms with van der Waals surface area (Å²) in [5.41, 5.74) is 3.89. The average Bonchev–Trinajstić information content (AvgIpc) is 2.71. The van der Waals surface area contributed by atoms with E-state index in [-0.39, 0.29) is 5.78 Å². The van der Waals surface area contributed by atoms with Crippen molar-refractivity contribution in [1.29, 1.82) is 0 Å². The van der Waals surface area contributed by atoms with Gasteiger partial charge in [0.25, 0.3) is 0 Å². The molecule has 0 saturated carbocycles. The van der Waals surface area contributed by atoms with Crippen LogP contribution < -0.4 is 0 Å². The summed E-state index contributed by atoms with van der Waals surface area (Å²) >= 11 is 3.45. The van der Waals surface area contributed by atoms with Gasteiger partial charge in [0, 0.05) is 40.1 Å². The molecule has 1 saturated heterocycles. The van der Waals surface area contributed by atoms with Crippen LogP contribution in [0.15, 0.2) is 69.5 Å². The van der Waals surface area contributed by atoms with Gasteiger partial charge in [-0.25, -0.2) is 0 Å². The molecular formula is C24H27NOS2. The molecule has 1 aliphatic heterocycles. The Balaban J connectivity index is 1.92. The van der Waals surface area contributed by atoms with Crippen LogP contribution in [0.2, 0.25) is 0 Å². The van der Waals surface area contributed by atoms with Crippen LogP contribution in [0.5, 0.6) is 0 Å². The molecule has 0 aromatic heterocycles. The predicted octanol–water partition coefficient (Wildman–Crippen LogP) is 5.89. The van der Waals surface area contributed by atoms with Gasteiger partial charge in [-0.1, -0.05) is 24.3 Å². The van der Waals surface area contributed by atoms with Crippen molar-refractivity contribution in [3.05, 3.63) is 70.8 Å². The first-order chi connectivity index (χ1) is 13.5. The minimum atomic E-state index is 0.166. The van der Waals surface area contributed by atoms with Crippen LogP contribution in [-0.4, -0.2) is 42.3 Å². The van der Waals surface area contributed by atoms with Crippen molar-refractivity contribution in [2.45, 2.75) is 29.7 Å². The number of piperidine rings is 1. The SMILES string of the molecule is CSc1ccc(/C=C2/CN(C(C)C)C/C(=C/c3ccc(SC)cc3)C2=O)cc1. The Morgan fingerprint density at radius 1 is 0.786 bits per heavy atom. The van der Waals surface area contributed by atoms with Crippen molar-refractivity contribution in [2.75, 3.05) is 25.6 Å². The van der Waals surface area contributed by atoms with E-state index in [1.54, 1.807) is 23.5 Å². The number of hydrogen-bond donors (Lipinski definition) is 0. The molecule has 0 amide bonds. The van der Waals surface area contributed by atoms with E-state index in [9.17, 15) is 4.79 Å². The number of rotatable bonds is 5. The fourth-order valence-electron chi connectivity index (χ4n) is 3.23. The van der Waals surface area contributed by atoms with Gasteiger partial charge < -0.3 is 0 Å². The molecule has 0 spiro atoms. The van der Waals surface area contributed by atoms with Gasteiger partial charge in [-0.3, -0.25) is 9.69 Å². The number of benzene rings is 2. The molecule has 1 heterocycles. The zero-order valence-corrected chi connectivity index (χ0v) is 18.6. The van der Waals surface area contributed by atoms with Crippen molar-refractivity contribution in [2.24, 2.45) is 0 Å². The maximum absolute atomic E-state index is 13.2. The van der Waals surface area contributed by atoms with Crippen molar-refractivity contribution in [3.8, 4) is 0 Å². The molecule has 1 aliphatic rings. The van der Waals surface area contributed by atoms with Crippen molar-refractivity contribution in [1.82, 2.24) is 4.90 Å². The smallest absolute Gasteiger partial charge is 0.187 e. The van der Waals surface area contributed by atoms with Crippen molar-refractivity contribution in [3.63, 3.8) is 0 Å². The zero-order valence-electron chi connectivity index (χ0n) is 16.9. The molecule has 3 rings (SSSR count). The van der Waals surface area contributed by atoms with Gasteiger partial charge in [0.1, 0.15) is 0 Å². The Morgan fingerprint density at radius 2 is 1.18 bits per heavy atom. The van der Waals surface area contributed by atoms with Gasteiger partial charge in [0.2, 0.25) is 0 Å². The molecular weight excluding hydrogens is 382 g/mol. The summed E-state index contributed by atoms with van der Waals surface area (Å²) in [5, 5.41) is 0. The molecule has 4 heteroatoms. The molecule has 28 heavy (non-hydrogen) atoms. The third-order valence-electron chi connectivity index (χ3n) is 4.97. The topological polar surface area (TPSA) is 20.3 Å². The lowest BCUT2D eigenvalue weighted by Crippen LogP contribution is -2.41. The van der Waals surface area contributed by atoms with E-state index in [2.05, 4.69) is 79.8 Å². The lowest BCUT2D eigenvalue weighted by Gasteiger charge is -2.32. The summed E-state index contributed by atoms with van der Waals surface area (Å²) in [7, 11) is 0. The van der Waals surface area contributed by atoms with Gasteiger partial charge in [0.05, 0.1) is 0 Å². The third-order valence-corrected chi connectivity index (χ3v) is 6.46. The summed E-state index contributed by atoms with van der Waals surface area (Å²) in [5.74, 6) is 0.166. The zero-order chi connectivity index (χ0) is 20.1. The monoisotopic (exact) mass is 409 g/mol. The van der Waals surface area contributed by atoms with Crippen LogP contribution in [0.25, 0.3) is 12.2 Å². The molecule has 2 aromatic rings. The van der Waals surface area contributed by atoms with Gasteiger partial charge in [-0.2, -0.15) is 0 Å². The van der Waals surface area contributed by atoms with Crippen LogP contribution in [0, 0.1) is 0 Å². The first kappa shape index (κ1) is 21.0. The summed E-state index contributed by atoms with van der Waals surface area (Å²) in [4.78, 5) is 18.0. The van der Waals surface area contributed by atoms with Crippen LogP contribution in [0.4, 0.5) is 0 Å². The molecule has 0 atom stereocenters. The fourth-order valence-corrected chi connectivity index (χ4v) is 4.05. The van der Waals surface area contributed by atoms with Crippen molar-refractivity contribution < 1.29 is 4.79 Å². The average molecular weight is 410 g/mol. The van der Waals surface area contributed by atoms with E-state index in [0.29, 0.717) is 19.1 Å². The van der Waals surface area contributed by atoms with E-state index >= 15 is 0 Å². The van der Waals surface area contributed by atoms with Gasteiger partial charge in [-0.15, -0.1) is 23.5 Å². The van der Waals surface area contributed by atoms with E-state index < -0.39 is 0 Å². The molecule has 0 N–H and O–H groups in total. The number of hydrogen-bond acceptors (Lipinski definition) is 4. The van der Waals surface area contributed by atoms with E-state index in [1.165, 1.54) is 9.79 Å². The van der Waals surface area contributed by atoms with Gasteiger partial charge in [0.15, 0.2) is 5.78 Å². The van der Waals surface area contributed by atoms with Gasteiger partial charge >= 0.3 is 0 Å². The molecule has 2 nitrogen and oxygen atoms in total. The Hall–Kier alpha value is -1.75. The van der Waals surface area contributed by atoms with E-state index in [1.807, 2.05) is 12.2 Å². The lowest BCUT2D eigenvalue weighted by molar-refractivity contribution is -0.113. The van der Waals surface area contributed by atoms with Gasteiger partial charge in [-0.05, 0) is 73.9 Å². The first-order valence-corrected chi connectivity index (χ1v) is 11.9. The number of likely N-dealkylation sites (tertiary alicyclic amines) is 1. The predicted molar refractivity (Wildman–Crippen MR) is 124 cm³/mol. The highest BCUT2D eigenvalue weighted by Gasteiger charge is 2.27. The molecule has 0 aliphatic carbocycles. The number of carbonyl (C=O) groups excluding carboxylic acids is 1. The van der Waals surface area contributed by atoms with Crippen LogP contribution in [-0.2, 0) is 4.79 Å². The minimum Gasteiger partial charge on any atom is -0.292 e. The third kappa shape index (κ3) is 5.19. The summed E-state index contributed by atoms with van der Waals surface area (Å²) in [6.07, 6.45) is 8.24. The highest BCUT2D eigenvalue weighted by atomic mass is 32.2. The molecule has 1 fully saturated rings. The fraction of sp³-hybridized carbons (Fsp3) is 0.292. The summed E-state index contributed by atoms with van der Waals surface area (Å²) in [6, 6.07) is 17.2. The standard InChI is InChI=1S/C24H27NOS2/c1-17(2)25-15-20(13-18-5-9-22(27-3)10-6-18)24(26)21(16-25)14-19-7-11-23(28-4)12-8-19/h5-14,17H,15-16H2,1-4H3/b20-13-,21-14-. The van der Waals surface area contributed by atoms with E-state index in [0.717, 1.165) is 22.3 Å². The number of ketones is 1. The quantitative estimate of drug-likeness (QED) is 0.453. The normalized spacial score (nSPS) is 18.4. The molecule has 2 aromatic carbocycles. The Labute approximate surface area is 177 Å². The van der Waals surface area contributed by atoms with Crippen molar-refractivity contribution >= 4 is 41.5 Å². The second-order valence-corrected chi connectivity index (χ2v) is 8.97. The Kier molecular flexibility index (Phi) is 7.22. The highest BCUT2D eigenvalue weighted by Crippen LogP contribution is 2.25. The highest BCUT2D eigenvalue weighted by molar-refractivity contribution is 7.98. The molecule has 0 unspecified atom stereocenters. The largest absolute Gasteiger partial charge is 0.292 e. The second-order valence-electron chi connectivity index (χ2n) is 7.21. The van der Waals surface area contributed by atoms with Crippen LogP contribution >= 0.6 is 23.5 Å². The molecule has 0 radical (unpaired) electrons. The van der Waals surface area contributed by atoms with E-state index in [4.69, 9.17) is 0 Å². The summed E-state index contributed by atoms with van der Waals surface area (Å²) in [6.45, 7) is 5.77.